The largest absolute Gasteiger partial charge is 0.507 e. The van der Waals surface area contributed by atoms with Crippen LogP contribution in [0.4, 0.5) is 35.0 Å². The molecule has 13 heteroatoms. The Kier molecular flexibility index (Phi) is 8.63. The first-order valence-corrected chi connectivity index (χ1v) is 15.3. The molecule has 2 amide bonds. The number of aromatic hydroxyl groups is 1. The van der Waals surface area contributed by atoms with Crippen LogP contribution in [0.15, 0.2) is 30.3 Å². The summed E-state index contributed by atoms with van der Waals surface area (Å²) in [5.41, 5.74) is 9.73. The van der Waals surface area contributed by atoms with Gasteiger partial charge in [0.25, 0.3) is 0 Å². The lowest BCUT2D eigenvalue weighted by Crippen LogP contribution is -2.40. The van der Waals surface area contributed by atoms with Crippen LogP contribution < -0.4 is 21.3 Å². The van der Waals surface area contributed by atoms with E-state index in [2.05, 4.69) is 15.5 Å². The van der Waals surface area contributed by atoms with Gasteiger partial charge in [0, 0.05) is 59.9 Å². The third-order valence-electron chi connectivity index (χ3n) is 9.57. The number of carbonyl (C=O) groups is 1. The van der Waals surface area contributed by atoms with Crippen LogP contribution in [0.5, 0.6) is 5.75 Å². The number of alkyl halides is 3. The Morgan fingerprint density at radius 3 is 2.35 bits per heavy atom. The van der Waals surface area contributed by atoms with E-state index < -0.39 is 31.0 Å². The summed E-state index contributed by atoms with van der Waals surface area (Å²) in [6, 6.07) is 5.99. The molecule has 8 N–H and O–H groups in total. The molecule has 3 aromatic carbocycles. The zero-order chi connectivity index (χ0) is 32.9. The number of likely N-dealkylation sites (N-methyl/N-ethyl adjacent to an activating group) is 1. The maximum absolute atomic E-state index is 14.2. The van der Waals surface area contributed by atoms with Crippen LogP contribution in [-0.2, 0) is 38.8 Å². The second kappa shape index (κ2) is 12.4. The molecule has 3 aliphatic rings. The van der Waals surface area contributed by atoms with Gasteiger partial charge in [0.15, 0.2) is 0 Å². The summed E-state index contributed by atoms with van der Waals surface area (Å²) >= 11 is 0. The molecule has 1 saturated heterocycles. The molecule has 1 atom stereocenters. The Morgan fingerprint density at radius 2 is 1.70 bits per heavy atom. The van der Waals surface area contributed by atoms with Gasteiger partial charge in [-0.3, -0.25) is 4.90 Å². The minimum Gasteiger partial charge on any atom is -0.507 e. The number of nitrogens with zero attached hydrogens (tertiary/aromatic N) is 2. The summed E-state index contributed by atoms with van der Waals surface area (Å²) < 4.78 is 42.5. The monoisotopic (exact) mass is 641 g/mol. The summed E-state index contributed by atoms with van der Waals surface area (Å²) in [5, 5.41) is 47.4. The average molecular weight is 642 g/mol. The number of halogens is 3. The summed E-state index contributed by atoms with van der Waals surface area (Å²) in [7, 11) is 1.96. The van der Waals surface area contributed by atoms with Crippen molar-refractivity contribution >= 4 is 23.1 Å². The molecule has 3 aromatic rings. The van der Waals surface area contributed by atoms with E-state index >= 15 is 0 Å². The van der Waals surface area contributed by atoms with Crippen molar-refractivity contribution in [3.05, 3.63) is 69.3 Å². The minimum absolute atomic E-state index is 0.0297. The third-order valence-corrected chi connectivity index (χ3v) is 9.57. The van der Waals surface area contributed by atoms with Crippen LogP contribution in [0.25, 0.3) is 11.1 Å². The Morgan fingerprint density at radius 1 is 0.978 bits per heavy atom. The standard InChI is InChI=1S/C33H38F3N5O5/c1-40-7-4-17-10-18(14-42)23(16-44)29-28(17)27(40)13-22-25(11-19(15-43)31(45)30(22)29)39-32(46)38-21-2-3-26(24(12-21)33(34,35)36)41-8-5-20(37)6-9-41/h2-3,10-12,20,27,42-45H,4-9,13-16,37H2,1H3,(H2,38,39,46). The number of benzene rings is 3. The summed E-state index contributed by atoms with van der Waals surface area (Å²) in [6.07, 6.45) is -2.44. The highest BCUT2D eigenvalue weighted by Gasteiger charge is 2.39. The first-order chi connectivity index (χ1) is 21.9. The molecule has 0 spiro atoms. The molecule has 0 saturated carbocycles. The van der Waals surface area contributed by atoms with Gasteiger partial charge in [-0.2, -0.15) is 13.2 Å². The number of amides is 2. The van der Waals surface area contributed by atoms with Gasteiger partial charge in [-0.05, 0) is 90.4 Å². The molecule has 1 fully saturated rings. The number of aliphatic hydroxyl groups is 3. The van der Waals surface area contributed by atoms with Crippen molar-refractivity contribution < 1.29 is 38.4 Å². The number of piperidine rings is 1. The fourth-order valence-electron chi connectivity index (χ4n) is 7.20. The Balaban J connectivity index is 1.38. The van der Waals surface area contributed by atoms with Crippen LogP contribution in [0.1, 0.15) is 57.8 Å². The first kappa shape index (κ1) is 32.1. The molecule has 1 unspecified atom stereocenters. The van der Waals surface area contributed by atoms with E-state index in [1.807, 2.05) is 13.1 Å². The number of urea groups is 1. The lowest BCUT2D eigenvalue weighted by atomic mass is 9.73. The van der Waals surface area contributed by atoms with Gasteiger partial charge in [-0.15, -0.1) is 0 Å². The maximum atomic E-state index is 14.2. The van der Waals surface area contributed by atoms with Crippen LogP contribution in [0.2, 0.25) is 0 Å². The molecule has 2 heterocycles. The number of hydrogen-bond acceptors (Lipinski definition) is 8. The lowest BCUT2D eigenvalue weighted by Gasteiger charge is -2.42. The Labute approximate surface area is 264 Å². The van der Waals surface area contributed by atoms with Gasteiger partial charge in [-0.1, -0.05) is 6.07 Å². The van der Waals surface area contributed by atoms with Crippen molar-refractivity contribution in [2.75, 3.05) is 42.2 Å². The van der Waals surface area contributed by atoms with Crippen molar-refractivity contribution in [2.24, 2.45) is 5.73 Å². The van der Waals surface area contributed by atoms with Crippen molar-refractivity contribution in [2.45, 2.75) is 63.8 Å². The predicted molar refractivity (Wildman–Crippen MR) is 168 cm³/mol. The first-order valence-electron chi connectivity index (χ1n) is 15.3. The van der Waals surface area contributed by atoms with Crippen molar-refractivity contribution in [1.82, 2.24) is 4.90 Å². The fourth-order valence-corrected chi connectivity index (χ4v) is 7.20. The molecule has 2 aliphatic heterocycles. The van der Waals surface area contributed by atoms with Gasteiger partial charge in [0.1, 0.15) is 5.75 Å². The number of fused-ring (bicyclic) bond motifs is 2. The van der Waals surface area contributed by atoms with Gasteiger partial charge in [0.2, 0.25) is 0 Å². The van der Waals surface area contributed by atoms with E-state index in [1.54, 1.807) is 4.90 Å². The van der Waals surface area contributed by atoms with Crippen LogP contribution in [0, 0.1) is 0 Å². The molecule has 246 valence electrons. The molecule has 1 aliphatic carbocycles. The Bertz CT molecular complexity index is 1670. The number of phenols is 1. The molecule has 10 nitrogen and oxygen atoms in total. The molecule has 0 bridgehead atoms. The topological polar surface area (TPSA) is 155 Å². The number of nitrogens with two attached hydrogens (primary N) is 1. The lowest BCUT2D eigenvalue weighted by molar-refractivity contribution is -0.137. The van der Waals surface area contributed by atoms with Gasteiger partial charge < -0.3 is 41.7 Å². The summed E-state index contributed by atoms with van der Waals surface area (Å²) in [4.78, 5) is 17.2. The van der Waals surface area contributed by atoms with Gasteiger partial charge in [-0.25, -0.2) is 4.79 Å². The molecular formula is C33H38F3N5O5. The second-order valence-corrected chi connectivity index (χ2v) is 12.3. The number of nitrogens with one attached hydrogen (secondary N) is 2. The van der Waals surface area contributed by atoms with E-state index in [-0.39, 0.29) is 47.1 Å². The highest BCUT2D eigenvalue weighted by molar-refractivity contribution is 6.02. The number of rotatable bonds is 6. The van der Waals surface area contributed by atoms with Gasteiger partial charge >= 0.3 is 12.2 Å². The van der Waals surface area contributed by atoms with Gasteiger partial charge in [0.05, 0.1) is 25.4 Å². The normalized spacial score (nSPS) is 18.3. The smallest absolute Gasteiger partial charge is 0.418 e. The zero-order valence-corrected chi connectivity index (χ0v) is 25.4. The SMILES string of the molecule is CN1CCc2cc(CO)c(CO)c3c2C1Cc1c(NC(=O)Nc2ccc(N4CCC(N)CC4)c(C(F)(F)F)c2)cc(CO)c(O)c1-3. The highest BCUT2D eigenvalue weighted by Crippen LogP contribution is 2.53. The Hall–Kier alpha value is -3.88. The van der Waals surface area contributed by atoms with Crippen LogP contribution >= 0.6 is 0 Å². The number of carbonyl (C=O) groups excluding carboxylic acids is 1. The second-order valence-electron chi connectivity index (χ2n) is 12.3. The maximum Gasteiger partial charge on any atom is 0.418 e. The molecule has 0 aromatic heterocycles. The van der Waals surface area contributed by atoms with E-state index in [0.717, 1.165) is 23.7 Å². The number of aliphatic hydroxyl groups excluding tert-OH is 3. The van der Waals surface area contributed by atoms with Crippen molar-refractivity contribution in [1.29, 1.82) is 0 Å². The fraction of sp³-hybridized carbons (Fsp3) is 0.424. The summed E-state index contributed by atoms with van der Waals surface area (Å²) in [5.74, 6) is -0.203. The van der Waals surface area contributed by atoms with Crippen LogP contribution in [0.3, 0.4) is 0 Å². The average Bonchev–Trinajstić information content (AvgIpc) is 3.03. The van der Waals surface area contributed by atoms with E-state index in [4.69, 9.17) is 5.73 Å². The highest BCUT2D eigenvalue weighted by atomic mass is 19.4. The van der Waals surface area contributed by atoms with Crippen molar-refractivity contribution in [3.63, 3.8) is 0 Å². The van der Waals surface area contributed by atoms with E-state index in [0.29, 0.717) is 66.6 Å². The molecule has 46 heavy (non-hydrogen) atoms. The zero-order valence-electron chi connectivity index (χ0n) is 25.4. The third kappa shape index (κ3) is 5.66. The van der Waals surface area contributed by atoms with E-state index in [1.165, 1.54) is 18.2 Å². The molecule has 6 rings (SSSR count). The number of anilines is 3. The van der Waals surface area contributed by atoms with Crippen LogP contribution in [-0.4, -0.2) is 64.1 Å². The minimum atomic E-state index is -4.66. The summed E-state index contributed by atoms with van der Waals surface area (Å²) in [6.45, 7) is 0.213. The molecule has 0 radical (unpaired) electrons. The number of hydrogen-bond donors (Lipinski definition) is 7. The van der Waals surface area contributed by atoms with Crippen molar-refractivity contribution in [3.8, 4) is 16.9 Å². The predicted octanol–water partition coefficient (Wildman–Crippen LogP) is 4.21. The van der Waals surface area contributed by atoms with E-state index in [9.17, 15) is 38.4 Å². The quantitative estimate of drug-likeness (QED) is 0.198. The molecular weight excluding hydrogens is 603 g/mol.